The Morgan fingerprint density at radius 3 is 2.72 bits per heavy atom. The van der Waals surface area contributed by atoms with E-state index in [0.29, 0.717) is 13.0 Å². The maximum absolute atomic E-state index is 12.8. The smallest absolute Gasteiger partial charge is 0.264 e. The van der Waals surface area contributed by atoms with E-state index in [1.807, 2.05) is 55.6 Å². The van der Waals surface area contributed by atoms with Crippen LogP contribution in [0.25, 0.3) is 11.0 Å². The standard InChI is InChI=1S/C21H21NO3/c1-3-17-16(15-9-5-7-11-19(15)24-17)13-22(2)21(23)20-12-14-8-4-6-10-18(14)25-20/h4-11,20H,3,12-13H2,1-2H3. The third-order valence-corrected chi connectivity index (χ3v) is 4.80. The number of amides is 1. The van der Waals surface area contributed by atoms with Gasteiger partial charge in [0.05, 0.1) is 0 Å². The van der Waals surface area contributed by atoms with Gasteiger partial charge in [-0.2, -0.15) is 0 Å². The number of hydrogen-bond donors (Lipinski definition) is 0. The van der Waals surface area contributed by atoms with E-state index < -0.39 is 6.10 Å². The van der Waals surface area contributed by atoms with Crippen LogP contribution in [0.5, 0.6) is 5.75 Å². The number of nitrogens with zero attached hydrogens (tertiary/aromatic N) is 1. The van der Waals surface area contributed by atoms with Crippen LogP contribution < -0.4 is 4.74 Å². The largest absolute Gasteiger partial charge is 0.480 e. The molecule has 1 aromatic heterocycles. The lowest BCUT2D eigenvalue weighted by Gasteiger charge is -2.21. The highest BCUT2D eigenvalue weighted by molar-refractivity contribution is 5.85. The van der Waals surface area contributed by atoms with Crippen LogP contribution in [0.4, 0.5) is 0 Å². The molecule has 1 amide bonds. The molecule has 0 saturated heterocycles. The van der Waals surface area contributed by atoms with Crippen LogP contribution in [0.3, 0.4) is 0 Å². The summed E-state index contributed by atoms with van der Waals surface area (Å²) < 4.78 is 11.8. The van der Waals surface area contributed by atoms with Crippen molar-refractivity contribution in [1.82, 2.24) is 4.90 Å². The van der Waals surface area contributed by atoms with Crippen molar-refractivity contribution in [1.29, 1.82) is 0 Å². The van der Waals surface area contributed by atoms with Crippen LogP contribution in [-0.4, -0.2) is 24.0 Å². The fourth-order valence-electron chi connectivity index (χ4n) is 3.49. The summed E-state index contributed by atoms with van der Waals surface area (Å²) in [5, 5.41) is 1.08. The van der Waals surface area contributed by atoms with Gasteiger partial charge < -0.3 is 14.1 Å². The van der Waals surface area contributed by atoms with Crippen molar-refractivity contribution in [3.05, 3.63) is 65.4 Å². The van der Waals surface area contributed by atoms with Crippen molar-refractivity contribution in [3.63, 3.8) is 0 Å². The minimum atomic E-state index is -0.439. The third kappa shape index (κ3) is 2.78. The molecule has 0 fully saturated rings. The quantitative estimate of drug-likeness (QED) is 0.725. The molecule has 0 spiro atoms. The molecule has 1 aliphatic heterocycles. The van der Waals surface area contributed by atoms with Crippen LogP contribution in [-0.2, 0) is 24.2 Å². The van der Waals surface area contributed by atoms with E-state index in [4.69, 9.17) is 9.15 Å². The normalized spacial score (nSPS) is 15.8. The molecular formula is C21H21NO3. The van der Waals surface area contributed by atoms with E-state index >= 15 is 0 Å². The first kappa shape index (κ1) is 15.8. The van der Waals surface area contributed by atoms with Crippen molar-refractivity contribution < 1.29 is 13.9 Å². The summed E-state index contributed by atoms with van der Waals surface area (Å²) in [6.07, 6.45) is 0.995. The zero-order valence-corrected chi connectivity index (χ0v) is 14.5. The molecule has 0 aliphatic carbocycles. The molecule has 4 nitrogen and oxygen atoms in total. The van der Waals surface area contributed by atoms with Gasteiger partial charge in [0.25, 0.3) is 5.91 Å². The molecule has 1 aliphatic rings. The zero-order valence-electron chi connectivity index (χ0n) is 14.5. The molecule has 0 radical (unpaired) electrons. The molecule has 2 heterocycles. The minimum Gasteiger partial charge on any atom is -0.480 e. The van der Waals surface area contributed by atoms with Crippen molar-refractivity contribution in [2.24, 2.45) is 0 Å². The number of benzene rings is 2. The molecule has 1 atom stereocenters. The topological polar surface area (TPSA) is 42.7 Å². The zero-order chi connectivity index (χ0) is 17.4. The number of fused-ring (bicyclic) bond motifs is 2. The predicted octanol–water partition coefficient (Wildman–Crippen LogP) is 3.96. The van der Waals surface area contributed by atoms with Crippen molar-refractivity contribution in [2.45, 2.75) is 32.4 Å². The maximum Gasteiger partial charge on any atom is 0.264 e. The van der Waals surface area contributed by atoms with E-state index in [9.17, 15) is 4.79 Å². The fourth-order valence-corrected chi connectivity index (χ4v) is 3.49. The van der Waals surface area contributed by atoms with Gasteiger partial charge in [-0.1, -0.05) is 43.3 Å². The van der Waals surface area contributed by atoms with Crippen LogP contribution in [0.1, 0.15) is 23.8 Å². The third-order valence-electron chi connectivity index (χ3n) is 4.80. The van der Waals surface area contributed by atoms with Crippen molar-refractivity contribution >= 4 is 16.9 Å². The molecule has 4 heteroatoms. The monoisotopic (exact) mass is 335 g/mol. The van der Waals surface area contributed by atoms with Crippen molar-refractivity contribution in [2.75, 3.05) is 7.05 Å². The van der Waals surface area contributed by atoms with Gasteiger partial charge in [0, 0.05) is 37.4 Å². The lowest BCUT2D eigenvalue weighted by molar-refractivity contribution is -0.137. The lowest BCUT2D eigenvalue weighted by Crippen LogP contribution is -2.38. The Morgan fingerprint density at radius 1 is 1.16 bits per heavy atom. The first-order valence-corrected chi connectivity index (χ1v) is 8.66. The molecule has 3 aromatic rings. The second kappa shape index (κ2) is 6.28. The minimum absolute atomic E-state index is 0.00327. The van der Waals surface area contributed by atoms with Gasteiger partial charge in [0.2, 0.25) is 0 Å². The highest BCUT2D eigenvalue weighted by Gasteiger charge is 2.31. The fraction of sp³-hybridized carbons (Fsp3) is 0.286. The van der Waals surface area contributed by atoms with Gasteiger partial charge in [0.15, 0.2) is 6.10 Å². The van der Waals surface area contributed by atoms with E-state index in [1.54, 1.807) is 4.90 Å². The Balaban J connectivity index is 1.55. The molecule has 2 aromatic carbocycles. The number of likely N-dealkylation sites (N-methyl/N-ethyl adjacent to an activating group) is 1. The molecule has 0 bridgehead atoms. The lowest BCUT2D eigenvalue weighted by atomic mass is 10.1. The first-order chi connectivity index (χ1) is 12.2. The van der Waals surface area contributed by atoms with Gasteiger partial charge in [-0.25, -0.2) is 0 Å². The van der Waals surface area contributed by atoms with Gasteiger partial charge in [-0.05, 0) is 17.7 Å². The summed E-state index contributed by atoms with van der Waals surface area (Å²) in [5.41, 5.74) is 3.06. The van der Waals surface area contributed by atoms with Gasteiger partial charge in [0.1, 0.15) is 17.1 Å². The second-order valence-corrected chi connectivity index (χ2v) is 6.47. The summed E-state index contributed by atoms with van der Waals surface area (Å²) in [6.45, 7) is 2.59. The Kier molecular flexibility index (Phi) is 3.96. The second-order valence-electron chi connectivity index (χ2n) is 6.47. The SMILES string of the molecule is CCc1oc2ccccc2c1CN(C)C(=O)C1Cc2ccccc2O1. The number of hydrogen-bond acceptors (Lipinski definition) is 3. The van der Waals surface area contributed by atoms with E-state index in [1.165, 1.54) is 0 Å². The molecular weight excluding hydrogens is 314 g/mol. The van der Waals surface area contributed by atoms with Gasteiger partial charge >= 0.3 is 0 Å². The summed E-state index contributed by atoms with van der Waals surface area (Å²) in [4.78, 5) is 14.6. The molecule has 0 saturated carbocycles. The predicted molar refractivity (Wildman–Crippen MR) is 96.6 cm³/mol. The number of carbonyl (C=O) groups excluding carboxylic acids is 1. The molecule has 0 N–H and O–H groups in total. The highest BCUT2D eigenvalue weighted by atomic mass is 16.5. The summed E-state index contributed by atoms with van der Waals surface area (Å²) >= 11 is 0. The van der Waals surface area contributed by atoms with Gasteiger partial charge in [-0.15, -0.1) is 0 Å². The summed E-state index contributed by atoms with van der Waals surface area (Å²) in [6, 6.07) is 15.8. The van der Waals surface area contributed by atoms with E-state index in [-0.39, 0.29) is 5.91 Å². The molecule has 25 heavy (non-hydrogen) atoms. The molecule has 128 valence electrons. The van der Waals surface area contributed by atoms with Crippen LogP contribution >= 0.6 is 0 Å². The average molecular weight is 335 g/mol. The number of para-hydroxylation sites is 2. The van der Waals surface area contributed by atoms with E-state index in [2.05, 4.69) is 6.92 Å². The number of furan rings is 1. The van der Waals surface area contributed by atoms with Gasteiger partial charge in [-0.3, -0.25) is 4.79 Å². The van der Waals surface area contributed by atoms with E-state index in [0.717, 1.165) is 40.0 Å². The first-order valence-electron chi connectivity index (χ1n) is 8.66. The van der Waals surface area contributed by atoms with Crippen LogP contribution in [0, 0.1) is 0 Å². The molecule has 4 rings (SSSR count). The Morgan fingerprint density at radius 2 is 1.92 bits per heavy atom. The summed E-state index contributed by atoms with van der Waals surface area (Å²) in [5.74, 6) is 1.76. The average Bonchev–Trinajstić information content (AvgIpc) is 3.22. The number of carbonyl (C=O) groups is 1. The maximum atomic E-state index is 12.8. The Bertz CT molecular complexity index is 903. The Labute approximate surface area is 147 Å². The number of rotatable bonds is 4. The van der Waals surface area contributed by atoms with Crippen LogP contribution in [0.15, 0.2) is 52.9 Å². The summed E-state index contributed by atoms with van der Waals surface area (Å²) in [7, 11) is 1.83. The van der Waals surface area contributed by atoms with Crippen LogP contribution in [0.2, 0.25) is 0 Å². The van der Waals surface area contributed by atoms with Crippen molar-refractivity contribution in [3.8, 4) is 5.75 Å². The number of aryl methyl sites for hydroxylation is 1. The highest BCUT2D eigenvalue weighted by Crippen LogP contribution is 2.30. The number of ether oxygens (including phenoxy) is 1. The Hall–Kier alpha value is -2.75. The molecule has 1 unspecified atom stereocenters.